The minimum atomic E-state index is 0.786. The van der Waals surface area contributed by atoms with E-state index in [0.717, 1.165) is 38.3 Å². The third kappa shape index (κ3) is 2.99. The molecule has 0 aromatic rings. The summed E-state index contributed by atoms with van der Waals surface area (Å²) in [7, 11) is 0. The summed E-state index contributed by atoms with van der Waals surface area (Å²) in [6, 6.07) is 0.786. The highest BCUT2D eigenvalue weighted by Gasteiger charge is 2.33. The van der Waals surface area contributed by atoms with Crippen LogP contribution in [0.5, 0.6) is 0 Å². The van der Waals surface area contributed by atoms with Crippen LogP contribution in [-0.4, -0.2) is 74.9 Å². The van der Waals surface area contributed by atoms with E-state index >= 15 is 0 Å². The predicted molar refractivity (Wildman–Crippen MR) is 68.2 cm³/mol. The number of hydrogen-bond donors (Lipinski definition) is 1. The number of rotatable bonds is 3. The second-order valence-electron chi connectivity index (χ2n) is 5.68. The number of hydrogen-bond acceptors (Lipinski definition) is 4. The first-order chi connectivity index (χ1) is 8.42. The van der Waals surface area contributed by atoms with Gasteiger partial charge in [-0.15, -0.1) is 0 Å². The van der Waals surface area contributed by atoms with Gasteiger partial charge in [0, 0.05) is 45.3 Å². The molecule has 4 heteroatoms. The fourth-order valence-corrected chi connectivity index (χ4v) is 3.43. The van der Waals surface area contributed by atoms with E-state index in [1.165, 1.54) is 45.6 Å². The maximum atomic E-state index is 5.38. The molecule has 0 aromatic carbocycles. The number of nitrogens with one attached hydrogen (secondary N) is 1. The molecule has 98 valence electrons. The van der Waals surface area contributed by atoms with Crippen LogP contribution in [0.25, 0.3) is 0 Å². The molecule has 1 N–H and O–H groups in total. The van der Waals surface area contributed by atoms with E-state index in [-0.39, 0.29) is 0 Å². The molecule has 2 atom stereocenters. The molecule has 0 amide bonds. The van der Waals surface area contributed by atoms with E-state index in [1.54, 1.807) is 0 Å². The molecule has 3 aliphatic rings. The van der Waals surface area contributed by atoms with Crippen molar-refractivity contribution in [1.82, 2.24) is 15.1 Å². The summed E-state index contributed by atoms with van der Waals surface area (Å²) in [5.74, 6) is 0.924. The molecule has 0 radical (unpaired) electrons. The second-order valence-corrected chi connectivity index (χ2v) is 5.68. The number of ether oxygens (including phenoxy) is 1. The number of piperidine rings is 1. The van der Waals surface area contributed by atoms with Gasteiger partial charge in [0.15, 0.2) is 0 Å². The lowest BCUT2D eigenvalue weighted by atomic mass is 9.94. The van der Waals surface area contributed by atoms with E-state index in [2.05, 4.69) is 15.1 Å². The van der Waals surface area contributed by atoms with Crippen molar-refractivity contribution >= 4 is 0 Å². The molecule has 4 nitrogen and oxygen atoms in total. The van der Waals surface area contributed by atoms with Gasteiger partial charge in [-0.1, -0.05) is 0 Å². The third-order valence-corrected chi connectivity index (χ3v) is 4.51. The van der Waals surface area contributed by atoms with Gasteiger partial charge < -0.3 is 15.0 Å². The average Bonchev–Trinajstić information content (AvgIpc) is 2.80. The van der Waals surface area contributed by atoms with Gasteiger partial charge in [-0.3, -0.25) is 4.90 Å². The average molecular weight is 239 g/mol. The van der Waals surface area contributed by atoms with Crippen LogP contribution in [0.2, 0.25) is 0 Å². The quantitative estimate of drug-likeness (QED) is 0.750. The van der Waals surface area contributed by atoms with Gasteiger partial charge in [-0.2, -0.15) is 0 Å². The maximum absolute atomic E-state index is 5.38. The highest BCUT2D eigenvalue weighted by atomic mass is 16.5. The Morgan fingerprint density at radius 1 is 1.06 bits per heavy atom. The number of morpholine rings is 1. The first-order valence-electron chi connectivity index (χ1n) is 7.18. The Labute approximate surface area is 104 Å². The van der Waals surface area contributed by atoms with Crippen LogP contribution < -0.4 is 5.32 Å². The maximum Gasteiger partial charge on any atom is 0.0594 e. The molecule has 3 aliphatic heterocycles. The van der Waals surface area contributed by atoms with Crippen molar-refractivity contribution in [3.8, 4) is 0 Å². The summed E-state index contributed by atoms with van der Waals surface area (Å²) in [5.41, 5.74) is 0. The normalized spacial score (nSPS) is 36.0. The van der Waals surface area contributed by atoms with Crippen molar-refractivity contribution in [3.63, 3.8) is 0 Å². The topological polar surface area (TPSA) is 27.7 Å². The van der Waals surface area contributed by atoms with Gasteiger partial charge >= 0.3 is 0 Å². The molecule has 17 heavy (non-hydrogen) atoms. The number of likely N-dealkylation sites (tertiary alicyclic amines) is 1. The zero-order valence-electron chi connectivity index (χ0n) is 10.7. The summed E-state index contributed by atoms with van der Waals surface area (Å²) in [5, 5.41) is 3.67. The molecule has 0 saturated carbocycles. The molecule has 0 bridgehead atoms. The van der Waals surface area contributed by atoms with Crippen LogP contribution in [0.1, 0.15) is 12.8 Å². The van der Waals surface area contributed by atoms with E-state index < -0.39 is 0 Å². The van der Waals surface area contributed by atoms with Crippen LogP contribution in [-0.2, 0) is 4.74 Å². The van der Waals surface area contributed by atoms with Crippen LogP contribution in [0, 0.1) is 5.92 Å². The molecule has 0 spiro atoms. The summed E-state index contributed by atoms with van der Waals surface area (Å²) in [6.07, 6.45) is 2.81. The van der Waals surface area contributed by atoms with Crippen LogP contribution in [0.4, 0.5) is 0 Å². The zero-order chi connectivity index (χ0) is 11.5. The predicted octanol–water partition coefficient (Wildman–Crippen LogP) is 0.00240. The Balaban J connectivity index is 1.40. The second kappa shape index (κ2) is 5.65. The summed E-state index contributed by atoms with van der Waals surface area (Å²) in [4.78, 5) is 5.20. The van der Waals surface area contributed by atoms with Crippen molar-refractivity contribution in [2.24, 2.45) is 5.92 Å². The van der Waals surface area contributed by atoms with Gasteiger partial charge in [0.2, 0.25) is 0 Å². The van der Waals surface area contributed by atoms with E-state index in [4.69, 9.17) is 4.74 Å². The fourth-order valence-electron chi connectivity index (χ4n) is 3.43. The highest BCUT2D eigenvalue weighted by molar-refractivity contribution is 4.91. The molecule has 3 fully saturated rings. The molecule has 0 aliphatic carbocycles. The Bertz CT molecular complexity index is 229. The molecule has 2 unspecified atom stereocenters. The van der Waals surface area contributed by atoms with Gasteiger partial charge in [0.25, 0.3) is 0 Å². The largest absolute Gasteiger partial charge is 0.379 e. The van der Waals surface area contributed by atoms with Crippen molar-refractivity contribution in [2.45, 2.75) is 18.9 Å². The summed E-state index contributed by atoms with van der Waals surface area (Å²) in [6.45, 7) is 10.4. The van der Waals surface area contributed by atoms with Gasteiger partial charge in [0.05, 0.1) is 13.2 Å². The van der Waals surface area contributed by atoms with Crippen molar-refractivity contribution in [2.75, 3.05) is 59.0 Å². The van der Waals surface area contributed by atoms with Gasteiger partial charge in [-0.05, 0) is 25.3 Å². The third-order valence-electron chi connectivity index (χ3n) is 4.51. The molecular formula is C13H25N3O. The first kappa shape index (κ1) is 11.9. The van der Waals surface area contributed by atoms with Gasteiger partial charge in [-0.25, -0.2) is 0 Å². The van der Waals surface area contributed by atoms with Gasteiger partial charge in [0.1, 0.15) is 0 Å². The number of fused-ring (bicyclic) bond motifs is 1. The first-order valence-corrected chi connectivity index (χ1v) is 7.18. The lowest BCUT2D eigenvalue weighted by Gasteiger charge is -2.28. The van der Waals surface area contributed by atoms with E-state index in [1.807, 2.05) is 0 Å². The molecule has 3 rings (SSSR count). The Morgan fingerprint density at radius 2 is 1.88 bits per heavy atom. The minimum Gasteiger partial charge on any atom is -0.379 e. The Kier molecular flexibility index (Phi) is 3.96. The lowest BCUT2D eigenvalue weighted by molar-refractivity contribution is 0.0342. The zero-order valence-corrected chi connectivity index (χ0v) is 10.7. The smallest absolute Gasteiger partial charge is 0.0594 e. The summed E-state index contributed by atoms with van der Waals surface area (Å²) < 4.78 is 5.38. The monoisotopic (exact) mass is 239 g/mol. The Morgan fingerprint density at radius 3 is 2.71 bits per heavy atom. The highest BCUT2D eigenvalue weighted by Crippen LogP contribution is 2.24. The Hall–Kier alpha value is -0.160. The molecule has 3 heterocycles. The van der Waals surface area contributed by atoms with Crippen LogP contribution in [0.15, 0.2) is 0 Å². The fraction of sp³-hybridized carbons (Fsp3) is 1.00. The standard InChI is InChI=1S/C13H25N3O/c1-2-12-10-16(11-13(12)14-3-1)5-4-15-6-8-17-9-7-15/h12-14H,1-11H2. The molecule has 3 saturated heterocycles. The van der Waals surface area contributed by atoms with Crippen LogP contribution in [0.3, 0.4) is 0 Å². The SMILES string of the molecule is C1CNC2CN(CCN3CCOCC3)CC2C1. The van der Waals surface area contributed by atoms with E-state index in [0.29, 0.717) is 0 Å². The molecular weight excluding hydrogens is 214 g/mol. The lowest BCUT2D eigenvalue weighted by Crippen LogP contribution is -2.42. The molecule has 0 aromatic heterocycles. The van der Waals surface area contributed by atoms with Crippen LogP contribution >= 0.6 is 0 Å². The van der Waals surface area contributed by atoms with Crippen molar-refractivity contribution in [1.29, 1.82) is 0 Å². The van der Waals surface area contributed by atoms with Crippen molar-refractivity contribution in [3.05, 3.63) is 0 Å². The van der Waals surface area contributed by atoms with E-state index in [9.17, 15) is 0 Å². The summed E-state index contributed by atoms with van der Waals surface area (Å²) >= 11 is 0. The minimum absolute atomic E-state index is 0.786. The number of nitrogens with zero attached hydrogens (tertiary/aromatic N) is 2. The van der Waals surface area contributed by atoms with Crippen molar-refractivity contribution < 1.29 is 4.74 Å².